The third-order valence-corrected chi connectivity index (χ3v) is 6.03. The topological polar surface area (TPSA) is 49.4 Å². The lowest BCUT2D eigenvalue weighted by molar-refractivity contribution is -0.113. The van der Waals surface area contributed by atoms with Crippen molar-refractivity contribution in [3.63, 3.8) is 0 Å². The number of hydrogen-bond donors (Lipinski definition) is 1. The van der Waals surface area contributed by atoms with Gasteiger partial charge in [0.25, 0.3) is 0 Å². The fourth-order valence-corrected chi connectivity index (χ4v) is 4.42. The molecule has 0 spiro atoms. The van der Waals surface area contributed by atoms with E-state index in [1.54, 1.807) is 0 Å². The van der Waals surface area contributed by atoms with E-state index >= 15 is 0 Å². The van der Waals surface area contributed by atoms with Crippen molar-refractivity contribution < 1.29 is 9.00 Å². The smallest absolute Gasteiger partial charge is 0.237 e. The number of rotatable bonds is 7. The summed E-state index contributed by atoms with van der Waals surface area (Å²) in [6.07, 6.45) is 0. The largest absolute Gasteiger partial charge is 0.378 e. The summed E-state index contributed by atoms with van der Waals surface area (Å²) in [6, 6.07) is 26.9. The highest BCUT2D eigenvalue weighted by molar-refractivity contribution is 7.86. The van der Waals surface area contributed by atoms with E-state index in [-0.39, 0.29) is 16.9 Å². The number of benzene rings is 3. The van der Waals surface area contributed by atoms with Crippen molar-refractivity contribution in [2.75, 3.05) is 30.1 Å². The first-order valence-corrected chi connectivity index (χ1v) is 10.5. The Morgan fingerprint density at radius 3 is 1.82 bits per heavy atom. The second kappa shape index (κ2) is 9.33. The molecule has 4 nitrogen and oxygen atoms in total. The number of nitrogens with one attached hydrogen (secondary N) is 1. The number of hydrogen-bond acceptors (Lipinski definition) is 3. The van der Waals surface area contributed by atoms with E-state index in [1.165, 1.54) is 0 Å². The summed E-state index contributed by atoms with van der Waals surface area (Å²) in [5.41, 5.74) is 3.63. The normalized spacial score (nSPS) is 11.8. The summed E-state index contributed by atoms with van der Waals surface area (Å²) >= 11 is 0. The Bertz CT molecular complexity index is 886. The van der Waals surface area contributed by atoms with E-state index in [9.17, 15) is 9.00 Å². The maximum Gasteiger partial charge on any atom is 0.237 e. The Morgan fingerprint density at radius 2 is 1.36 bits per heavy atom. The molecule has 1 unspecified atom stereocenters. The molecule has 0 aliphatic heterocycles. The number of amides is 1. The summed E-state index contributed by atoms with van der Waals surface area (Å²) in [5, 5.41) is 2.50. The van der Waals surface area contributed by atoms with Gasteiger partial charge in [0.2, 0.25) is 5.91 Å². The number of carbonyl (C=O) groups is 1. The standard InChI is InChI=1S/C23H24N2O2S/c1-25(2)21-15-13-20(14-16-21)24-22(26)17-28(27)23(18-9-5-3-6-10-18)19-11-7-4-8-12-19/h3-16,23H,17H2,1-2H3,(H,24,26). The average Bonchev–Trinajstić information content (AvgIpc) is 2.70. The van der Waals surface area contributed by atoms with Crippen LogP contribution in [0.4, 0.5) is 11.4 Å². The molecule has 3 aromatic rings. The molecule has 0 radical (unpaired) electrons. The first-order chi connectivity index (χ1) is 13.5. The predicted octanol–water partition coefficient (Wildman–Crippen LogP) is 4.23. The van der Waals surface area contributed by atoms with Crippen molar-refractivity contribution in [3.8, 4) is 0 Å². The summed E-state index contributed by atoms with van der Waals surface area (Å²) < 4.78 is 13.1. The zero-order valence-corrected chi connectivity index (χ0v) is 16.9. The zero-order valence-electron chi connectivity index (χ0n) is 16.0. The minimum Gasteiger partial charge on any atom is -0.378 e. The van der Waals surface area contributed by atoms with Crippen LogP contribution in [0.1, 0.15) is 16.4 Å². The zero-order chi connectivity index (χ0) is 19.9. The van der Waals surface area contributed by atoms with Crippen LogP contribution in [0.3, 0.4) is 0 Å². The van der Waals surface area contributed by atoms with Crippen LogP contribution in [0.5, 0.6) is 0 Å². The minimum atomic E-state index is -1.40. The van der Waals surface area contributed by atoms with E-state index in [4.69, 9.17) is 0 Å². The number of nitrogens with zero attached hydrogens (tertiary/aromatic N) is 1. The molecule has 0 aromatic heterocycles. The van der Waals surface area contributed by atoms with Gasteiger partial charge in [0.15, 0.2) is 0 Å². The molecule has 0 saturated heterocycles. The Morgan fingerprint density at radius 1 is 0.857 bits per heavy atom. The van der Waals surface area contributed by atoms with Crippen LogP contribution < -0.4 is 10.2 Å². The summed E-state index contributed by atoms with van der Waals surface area (Å²) in [6.45, 7) is 0. The summed E-state index contributed by atoms with van der Waals surface area (Å²) in [4.78, 5) is 14.5. The Labute approximate surface area is 168 Å². The van der Waals surface area contributed by atoms with Crippen molar-refractivity contribution >= 4 is 28.1 Å². The molecule has 0 fully saturated rings. The quantitative estimate of drug-likeness (QED) is 0.655. The van der Waals surface area contributed by atoms with Crippen molar-refractivity contribution in [2.24, 2.45) is 0 Å². The first kappa shape index (κ1) is 19.8. The molecule has 0 aliphatic rings. The molecular weight excluding hydrogens is 368 g/mol. The maximum absolute atomic E-state index is 13.1. The Balaban J connectivity index is 1.73. The second-order valence-corrected chi connectivity index (χ2v) is 8.24. The van der Waals surface area contributed by atoms with Crippen LogP contribution in [0.15, 0.2) is 84.9 Å². The average molecular weight is 393 g/mol. The fraction of sp³-hybridized carbons (Fsp3) is 0.174. The molecule has 0 aliphatic carbocycles. The molecule has 5 heteroatoms. The van der Waals surface area contributed by atoms with E-state index in [1.807, 2.05) is 104 Å². The SMILES string of the molecule is CN(C)c1ccc(NC(=O)CS(=O)C(c2ccccc2)c2ccccc2)cc1. The molecule has 144 valence electrons. The highest BCUT2D eigenvalue weighted by Gasteiger charge is 2.23. The van der Waals surface area contributed by atoms with Crippen molar-refractivity contribution in [3.05, 3.63) is 96.1 Å². The third-order valence-electron chi connectivity index (χ3n) is 4.41. The van der Waals surface area contributed by atoms with Crippen molar-refractivity contribution in [2.45, 2.75) is 5.25 Å². The third kappa shape index (κ3) is 5.08. The molecule has 1 atom stereocenters. The van der Waals surface area contributed by atoms with Crippen molar-refractivity contribution in [1.82, 2.24) is 0 Å². The Hall–Kier alpha value is -2.92. The van der Waals surface area contributed by atoms with Gasteiger partial charge in [-0.25, -0.2) is 0 Å². The minimum absolute atomic E-state index is 0.0656. The lowest BCUT2D eigenvalue weighted by Crippen LogP contribution is -2.23. The van der Waals surface area contributed by atoms with E-state index in [0.717, 1.165) is 16.8 Å². The first-order valence-electron chi connectivity index (χ1n) is 9.09. The van der Waals surface area contributed by atoms with Crippen LogP contribution in [-0.2, 0) is 15.6 Å². The lowest BCUT2D eigenvalue weighted by atomic mass is 10.0. The highest BCUT2D eigenvalue weighted by Crippen LogP contribution is 2.28. The number of anilines is 2. The van der Waals surface area contributed by atoms with Crippen LogP contribution in [0.2, 0.25) is 0 Å². The maximum atomic E-state index is 13.1. The van der Waals surface area contributed by atoms with E-state index < -0.39 is 10.8 Å². The predicted molar refractivity (Wildman–Crippen MR) is 117 cm³/mol. The molecule has 1 amide bonds. The van der Waals surface area contributed by atoms with Crippen molar-refractivity contribution in [1.29, 1.82) is 0 Å². The van der Waals surface area contributed by atoms with Gasteiger partial charge in [0.1, 0.15) is 5.75 Å². The summed E-state index contributed by atoms with van der Waals surface area (Å²) in [7, 11) is 2.53. The molecule has 0 heterocycles. The van der Waals surface area contributed by atoms with Gasteiger partial charge in [-0.3, -0.25) is 9.00 Å². The highest BCUT2D eigenvalue weighted by atomic mass is 32.2. The molecule has 28 heavy (non-hydrogen) atoms. The number of carbonyl (C=O) groups excluding carboxylic acids is 1. The van der Waals surface area contributed by atoms with Gasteiger partial charge in [-0.2, -0.15) is 0 Å². The second-order valence-electron chi connectivity index (χ2n) is 6.72. The van der Waals surface area contributed by atoms with Gasteiger partial charge < -0.3 is 10.2 Å². The molecule has 1 N–H and O–H groups in total. The van der Waals surface area contributed by atoms with Gasteiger partial charge >= 0.3 is 0 Å². The van der Waals surface area contributed by atoms with E-state index in [2.05, 4.69) is 5.32 Å². The van der Waals surface area contributed by atoms with Gasteiger partial charge in [-0.15, -0.1) is 0 Å². The lowest BCUT2D eigenvalue weighted by Gasteiger charge is -2.18. The van der Waals surface area contributed by atoms with Crippen LogP contribution in [-0.4, -0.2) is 30.0 Å². The van der Waals surface area contributed by atoms with Gasteiger partial charge in [-0.05, 0) is 35.4 Å². The van der Waals surface area contributed by atoms with Gasteiger partial charge in [0, 0.05) is 36.3 Å². The molecule has 3 rings (SSSR count). The van der Waals surface area contributed by atoms with E-state index in [0.29, 0.717) is 5.69 Å². The molecular formula is C23H24N2O2S. The van der Waals surface area contributed by atoms with Crippen LogP contribution in [0, 0.1) is 0 Å². The molecule has 0 saturated carbocycles. The molecule has 3 aromatic carbocycles. The van der Waals surface area contributed by atoms with Crippen LogP contribution >= 0.6 is 0 Å². The monoisotopic (exact) mass is 392 g/mol. The van der Waals surface area contributed by atoms with Crippen LogP contribution in [0.25, 0.3) is 0 Å². The fourth-order valence-electron chi connectivity index (χ4n) is 3.00. The van der Waals surface area contributed by atoms with Gasteiger partial charge in [-0.1, -0.05) is 60.7 Å². The van der Waals surface area contributed by atoms with Gasteiger partial charge in [0.05, 0.1) is 5.25 Å². The summed E-state index contributed by atoms with van der Waals surface area (Å²) in [5.74, 6) is -0.322. The molecule has 0 bridgehead atoms. The Kier molecular flexibility index (Phi) is 6.61.